The maximum atomic E-state index is 6.08. The normalized spacial score (nSPS) is 27.7. The van der Waals surface area contributed by atoms with Gasteiger partial charge in [0.1, 0.15) is 0 Å². The van der Waals surface area contributed by atoms with Crippen molar-refractivity contribution < 1.29 is 14.2 Å². The highest BCUT2D eigenvalue weighted by atomic mass is 16.5. The van der Waals surface area contributed by atoms with Gasteiger partial charge < -0.3 is 19.5 Å². The molecule has 1 aliphatic heterocycles. The van der Waals surface area contributed by atoms with Gasteiger partial charge in [-0.15, -0.1) is 0 Å². The summed E-state index contributed by atoms with van der Waals surface area (Å²) in [6, 6.07) is 6.45. The standard InChI is InChI=1S/C15H23NO3/c1-10-7-11(2)19-15(9-16-10)12-5-6-13(17-3)14(8-12)18-4/h5-6,8,10-11,15-16H,7,9H2,1-4H3. The van der Waals surface area contributed by atoms with E-state index in [1.54, 1.807) is 14.2 Å². The molecule has 0 amide bonds. The van der Waals surface area contributed by atoms with Crippen LogP contribution in [-0.2, 0) is 4.74 Å². The molecule has 106 valence electrons. The third-order valence-corrected chi connectivity index (χ3v) is 3.51. The van der Waals surface area contributed by atoms with E-state index in [9.17, 15) is 0 Å². The van der Waals surface area contributed by atoms with E-state index in [1.807, 2.05) is 18.2 Å². The number of rotatable bonds is 3. The molecule has 0 bridgehead atoms. The molecule has 0 radical (unpaired) electrons. The minimum Gasteiger partial charge on any atom is -0.493 e. The number of methoxy groups -OCH3 is 2. The SMILES string of the molecule is COc1ccc(C2CNC(C)CC(C)O2)cc1OC. The van der Waals surface area contributed by atoms with Crippen LogP contribution in [0.4, 0.5) is 0 Å². The van der Waals surface area contributed by atoms with Gasteiger partial charge >= 0.3 is 0 Å². The second-order valence-corrected chi connectivity index (χ2v) is 5.09. The summed E-state index contributed by atoms with van der Waals surface area (Å²) in [6.45, 7) is 5.13. The molecule has 0 saturated carbocycles. The number of nitrogens with one attached hydrogen (secondary N) is 1. The van der Waals surface area contributed by atoms with Gasteiger partial charge in [-0.25, -0.2) is 0 Å². The zero-order chi connectivity index (χ0) is 13.8. The number of benzene rings is 1. The van der Waals surface area contributed by atoms with Crippen molar-refractivity contribution >= 4 is 0 Å². The Morgan fingerprint density at radius 2 is 1.89 bits per heavy atom. The van der Waals surface area contributed by atoms with E-state index in [1.165, 1.54) is 0 Å². The average Bonchev–Trinajstić information content (AvgIpc) is 2.58. The Bertz CT molecular complexity index is 422. The number of hydrogen-bond acceptors (Lipinski definition) is 4. The van der Waals surface area contributed by atoms with Crippen molar-refractivity contribution in [2.24, 2.45) is 0 Å². The van der Waals surface area contributed by atoms with Crippen LogP contribution >= 0.6 is 0 Å². The molecule has 4 nitrogen and oxygen atoms in total. The Morgan fingerprint density at radius 3 is 2.58 bits per heavy atom. The smallest absolute Gasteiger partial charge is 0.161 e. The summed E-state index contributed by atoms with van der Waals surface area (Å²) in [6.07, 6.45) is 1.34. The fourth-order valence-corrected chi connectivity index (χ4v) is 2.52. The molecule has 1 fully saturated rings. The third kappa shape index (κ3) is 3.39. The lowest BCUT2D eigenvalue weighted by molar-refractivity contribution is 0.00706. The van der Waals surface area contributed by atoms with Crippen LogP contribution in [0.25, 0.3) is 0 Å². The highest BCUT2D eigenvalue weighted by Crippen LogP contribution is 2.32. The number of hydrogen-bond donors (Lipinski definition) is 1. The summed E-state index contributed by atoms with van der Waals surface area (Å²) in [5.41, 5.74) is 1.12. The van der Waals surface area contributed by atoms with Crippen LogP contribution in [0, 0.1) is 0 Å². The van der Waals surface area contributed by atoms with Gasteiger partial charge in [-0.05, 0) is 38.0 Å². The van der Waals surface area contributed by atoms with Crippen LogP contribution in [0.15, 0.2) is 18.2 Å². The summed E-state index contributed by atoms with van der Waals surface area (Å²) in [4.78, 5) is 0. The largest absolute Gasteiger partial charge is 0.493 e. The first-order chi connectivity index (χ1) is 9.13. The fourth-order valence-electron chi connectivity index (χ4n) is 2.52. The topological polar surface area (TPSA) is 39.7 Å². The predicted octanol–water partition coefficient (Wildman–Crippen LogP) is 2.53. The second-order valence-electron chi connectivity index (χ2n) is 5.09. The first-order valence-corrected chi connectivity index (χ1v) is 6.74. The summed E-state index contributed by atoms with van der Waals surface area (Å²) in [5, 5.41) is 3.49. The van der Waals surface area contributed by atoms with Gasteiger partial charge in [0.05, 0.1) is 26.4 Å². The van der Waals surface area contributed by atoms with Gasteiger partial charge in [-0.3, -0.25) is 0 Å². The molecule has 3 atom stereocenters. The highest BCUT2D eigenvalue weighted by molar-refractivity contribution is 5.43. The molecule has 4 heteroatoms. The van der Waals surface area contributed by atoms with Crippen molar-refractivity contribution in [3.05, 3.63) is 23.8 Å². The Morgan fingerprint density at radius 1 is 1.16 bits per heavy atom. The zero-order valence-corrected chi connectivity index (χ0v) is 12.1. The summed E-state index contributed by atoms with van der Waals surface area (Å²) in [5.74, 6) is 1.49. The Labute approximate surface area is 115 Å². The quantitative estimate of drug-likeness (QED) is 0.911. The molecular formula is C15H23NO3. The van der Waals surface area contributed by atoms with Gasteiger partial charge in [0.2, 0.25) is 0 Å². The average molecular weight is 265 g/mol. The molecule has 1 aromatic rings. The van der Waals surface area contributed by atoms with E-state index in [-0.39, 0.29) is 12.2 Å². The van der Waals surface area contributed by atoms with E-state index in [4.69, 9.17) is 14.2 Å². The Kier molecular flexibility index (Phi) is 4.66. The molecule has 2 rings (SSSR count). The monoisotopic (exact) mass is 265 g/mol. The molecule has 3 unspecified atom stereocenters. The highest BCUT2D eigenvalue weighted by Gasteiger charge is 2.23. The van der Waals surface area contributed by atoms with Crippen molar-refractivity contribution in [1.82, 2.24) is 5.32 Å². The minimum absolute atomic E-state index is 0.0553. The van der Waals surface area contributed by atoms with E-state index in [0.29, 0.717) is 6.04 Å². The summed E-state index contributed by atoms with van der Waals surface area (Å²) >= 11 is 0. The molecule has 1 aliphatic rings. The lowest BCUT2D eigenvalue weighted by Gasteiger charge is -2.20. The predicted molar refractivity (Wildman–Crippen MR) is 74.9 cm³/mol. The molecule has 0 aliphatic carbocycles. The molecule has 1 N–H and O–H groups in total. The molecule has 1 saturated heterocycles. The third-order valence-electron chi connectivity index (χ3n) is 3.51. The van der Waals surface area contributed by atoms with Crippen molar-refractivity contribution in [3.63, 3.8) is 0 Å². The molecule has 1 aromatic carbocycles. The van der Waals surface area contributed by atoms with E-state index in [0.717, 1.165) is 30.0 Å². The summed E-state index contributed by atoms with van der Waals surface area (Å²) in [7, 11) is 3.30. The molecular weight excluding hydrogens is 242 g/mol. The summed E-state index contributed by atoms with van der Waals surface area (Å²) < 4.78 is 16.7. The van der Waals surface area contributed by atoms with Crippen LogP contribution in [0.2, 0.25) is 0 Å². The molecule has 0 spiro atoms. The Balaban J connectivity index is 2.20. The van der Waals surface area contributed by atoms with E-state index in [2.05, 4.69) is 19.2 Å². The first kappa shape index (κ1) is 14.2. The van der Waals surface area contributed by atoms with Gasteiger partial charge in [0.15, 0.2) is 11.5 Å². The van der Waals surface area contributed by atoms with Gasteiger partial charge in [-0.2, -0.15) is 0 Å². The maximum Gasteiger partial charge on any atom is 0.161 e. The van der Waals surface area contributed by atoms with Crippen LogP contribution in [0.3, 0.4) is 0 Å². The van der Waals surface area contributed by atoms with Gasteiger partial charge in [-0.1, -0.05) is 6.07 Å². The van der Waals surface area contributed by atoms with Crippen molar-refractivity contribution in [2.45, 2.75) is 38.5 Å². The van der Waals surface area contributed by atoms with Gasteiger partial charge in [0, 0.05) is 12.6 Å². The zero-order valence-electron chi connectivity index (χ0n) is 12.1. The molecule has 19 heavy (non-hydrogen) atoms. The van der Waals surface area contributed by atoms with E-state index < -0.39 is 0 Å². The Hall–Kier alpha value is -1.26. The lowest BCUT2D eigenvalue weighted by atomic mass is 10.1. The molecule has 0 aromatic heterocycles. The van der Waals surface area contributed by atoms with Crippen molar-refractivity contribution in [1.29, 1.82) is 0 Å². The van der Waals surface area contributed by atoms with Crippen LogP contribution in [-0.4, -0.2) is 32.9 Å². The van der Waals surface area contributed by atoms with Crippen LogP contribution in [0.1, 0.15) is 31.9 Å². The minimum atomic E-state index is 0.0553. The fraction of sp³-hybridized carbons (Fsp3) is 0.600. The first-order valence-electron chi connectivity index (χ1n) is 6.74. The number of ether oxygens (including phenoxy) is 3. The molecule has 1 heterocycles. The van der Waals surface area contributed by atoms with Crippen LogP contribution < -0.4 is 14.8 Å². The lowest BCUT2D eigenvalue weighted by Crippen LogP contribution is -2.27. The van der Waals surface area contributed by atoms with Crippen molar-refractivity contribution in [3.8, 4) is 11.5 Å². The van der Waals surface area contributed by atoms with E-state index >= 15 is 0 Å². The maximum absolute atomic E-state index is 6.08. The van der Waals surface area contributed by atoms with Crippen LogP contribution in [0.5, 0.6) is 11.5 Å². The van der Waals surface area contributed by atoms with Crippen molar-refractivity contribution in [2.75, 3.05) is 20.8 Å². The van der Waals surface area contributed by atoms with Gasteiger partial charge in [0.25, 0.3) is 0 Å². The second kappa shape index (κ2) is 6.26.